The van der Waals surface area contributed by atoms with Gasteiger partial charge in [-0.15, -0.1) is 0 Å². The van der Waals surface area contributed by atoms with E-state index in [-0.39, 0.29) is 17.8 Å². The fraction of sp³-hybridized carbons (Fsp3) is 0.667. The molecule has 1 N–H and O–H groups in total. The smallest absolute Gasteiger partial charge is 0.220 e. The molecule has 0 saturated heterocycles. The molecule has 0 aromatic heterocycles. The fourth-order valence-corrected chi connectivity index (χ4v) is 6.12. The minimum absolute atomic E-state index is 0.0708. The third-order valence-corrected chi connectivity index (χ3v) is 6.96. The molecular weight excluding hydrogens is 301 g/mol. The van der Waals surface area contributed by atoms with Crippen LogP contribution in [0.4, 0.5) is 4.39 Å². The summed E-state index contributed by atoms with van der Waals surface area (Å²) in [5, 5.41) is 3.27. The van der Waals surface area contributed by atoms with Crippen molar-refractivity contribution in [1.82, 2.24) is 5.32 Å². The van der Waals surface area contributed by atoms with Crippen molar-refractivity contribution in [3.05, 3.63) is 35.6 Å². The largest absolute Gasteiger partial charge is 0.353 e. The Kier molecular flexibility index (Phi) is 4.14. The van der Waals surface area contributed by atoms with Crippen molar-refractivity contribution >= 4 is 5.91 Å². The predicted molar refractivity (Wildman–Crippen MR) is 92.9 cm³/mol. The Morgan fingerprint density at radius 2 is 1.75 bits per heavy atom. The summed E-state index contributed by atoms with van der Waals surface area (Å²) in [4.78, 5) is 12.4. The van der Waals surface area contributed by atoms with Gasteiger partial charge in [-0.2, -0.15) is 0 Å². The van der Waals surface area contributed by atoms with Crippen molar-refractivity contribution in [2.45, 2.75) is 64.3 Å². The fourth-order valence-electron chi connectivity index (χ4n) is 6.12. The van der Waals surface area contributed by atoms with E-state index in [0.717, 1.165) is 17.8 Å². The molecule has 1 aromatic rings. The molecular formula is C21H28FNO. The molecule has 4 fully saturated rings. The summed E-state index contributed by atoms with van der Waals surface area (Å²) in [7, 11) is 0. The second-order valence-electron chi connectivity index (χ2n) is 8.66. The topological polar surface area (TPSA) is 29.1 Å². The molecule has 4 aliphatic carbocycles. The summed E-state index contributed by atoms with van der Waals surface area (Å²) in [6, 6.07) is 7.00. The first-order valence-corrected chi connectivity index (χ1v) is 9.57. The first-order valence-electron chi connectivity index (χ1n) is 9.57. The third kappa shape index (κ3) is 2.98. The van der Waals surface area contributed by atoms with Gasteiger partial charge in [0, 0.05) is 12.5 Å². The van der Waals surface area contributed by atoms with Gasteiger partial charge >= 0.3 is 0 Å². The summed E-state index contributed by atoms with van der Waals surface area (Å²) in [6.07, 6.45) is 9.02. The Morgan fingerprint density at radius 3 is 2.33 bits per heavy atom. The van der Waals surface area contributed by atoms with Crippen molar-refractivity contribution in [1.29, 1.82) is 0 Å². The molecule has 1 aromatic carbocycles. The number of nitrogens with one attached hydrogen (secondary N) is 1. The number of benzene rings is 1. The number of hydrogen-bond donors (Lipinski definition) is 1. The lowest BCUT2D eigenvalue weighted by Gasteiger charge is -2.59. The standard InChI is InChI=1S/C21H28FNO/c1-14(21-11-15-8-16(12-21)10-17(9-15)13-21)23-20(24)7-6-18-4-2-3-5-19(18)22/h2-5,14-17H,6-13H2,1H3,(H,23,24). The Balaban J connectivity index is 1.35. The van der Waals surface area contributed by atoms with Gasteiger partial charge in [0.25, 0.3) is 0 Å². The van der Waals surface area contributed by atoms with Gasteiger partial charge in [0.2, 0.25) is 5.91 Å². The van der Waals surface area contributed by atoms with Crippen molar-refractivity contribution in [2.75, 3.05) is 0 Å². The molecule has 24 heavy (non-hydrogen) atoms. The molecule has 1 unspecified atom stereocenters. The Morgan fingerprint density at radius 1 is 1.17 bits per heavy atom. The van der Waals surface area contributed by atoms with E-state index in [1.807, 2.05) is 6.07 Å². The van der Waals surface area contributed by atoms with Gasteiger partial charge in [-0.25, -0.2) is 4.39 Å². The van der Waals surface area contributed by atoms with Gasteiger partial charge < -0.3 is 5.32 Å². The van der Waals surface area contributed by atoms with Crippen LogP contribution in [0.1, 0.15) is 57.4 Å². The quantitative estimate of drug-likeness (QED) is 0.848. The lowest BCUT2D eigenvalue weighted by molar-refractivity contribution is -0.125. The second kappa shape index (κ2) is 6.16. The highest BCUT2D eigenvalue weighted by molar-refractivity contribution is 5.76. The van der Waals surface area contributed by atoms with Crippen LogP contribution in [-0.4, -0.2) is 11.9 Å². The van der Waals surface area contributed by atoms with E-state index in [2.05, 4.69) is 12.2 Å². The Labute approximate surface area is 144 Å². The van der Waals surface area contributed by atoms with Crippen LogP contribution in [0.3, 0.4) is 0 Å². The van der Waals surface area contributed by atoms with Crippen LogP contribution >= 0.6 is 0 Å². The van der Waals surface area contributed by atoms with Crippen LogP contribution in [0.2, 0.25) is 0 Å². The van der Waals surface area contributed by atoms with E-state index < -0.39 is 0 Å². The zero-order valence-electron chi connectivity index (χ0n) is 14.6. The van der Waals surface area contributed by atoms with Crippen molar-refractivity contribution < 1.29 is 9.18 Å². The highest BCUT2D eigenvalue weighted by Gasteiger charge is 2.53. The van der Waals surface area contributed by atoms with E-state index in [0.29, 0.717) is 23.8 Å². The lowest BCUT2D eigenvalue weighted by atomic mass is 9.48. The monoisotopic (exact) mass is 329 g/mol. The molecule has 1 atom stereocenters. The summed E-state index contributed by atoms with van der Waals surface area (Å²) in [6.45, 7) is 2.20. The zero-order chi connectivity index (χ0) is 16.7. The van der Waals surface area contributed by atoms with E-state index >= 15 is 0 Å². The number of hydrogen-bond acceptors (Lipinski definition) is 1. The molecule has 0 spiro atoms. The van der Waals surface area contributed by atoms with Gasteiger partial charge in [-0.05, 0) is 86.7 Å². The van der Waals surface area contributed by atoms with E-state index in [9.17, 15) is 9.18 Å². The average molecular weight is 329 g/mol. The van der Waals surface area contributed by atoms with Crippen LogP contribution in [0.15, 0.2) is 24.3 Å². The number of carbonyl (C=O) groups excluding carboxylic acids is 1. The minimum atomic E-state index is -0.209. The molecule has 4 bridgehead atoms. The zero-order valence-corrected chi connectivity index (χ0v) is 14.6. The van der Waals surface area contributed by atoms with Crippen LogP contribution in [0.25, 0.3) is 0 Å². The number of halogens is 1. The average Bonchev–Trinajstić information content (AvgIpc) is 2.53. The lowest BCUT2D eigenvalue weighted by Crippen LogP contribution is -2.55. The molecule has 2 nitrogen and oxygen atoms in total. The highest BCUT2D eigenvalue weighted by atomic mass is 19.1. The van der Waals surface area contributed by atoms with Gasteiger partial charge in [-0.3, -0.25) is 4.79 Å². The number of carbonyl (C=O) groups is 1. The van der Waals surface area contributed by atoms with Gasteiger partial charge in [0.1, 0.15) is 5.82 Å². The Bertz CT molecular complexity index is 591. The SMILES string of the molecule is CC(NC(=O)CCc1ccccc1F)C12CC3CC(CC(C3)C1)C2. The summed E-state index contributed by atoms with van der Waals surface area (Å²) in [5.41, 5.74) is 0.970. The minimum Gasteiger partial charge on any atom is -0.353 e. The molecule has 3 heteroatoms. The number of rotatable bonds is 5. The van der Waals surface area contributed by atoms with Crippen LogP contribution in [-0.2, 0) is 11.2 Å². The summed E-state index contributed by atoms with van der Waals surface area (Å²) in [5.74, 6) is 2.55. The molecule has 0 heterocycles. The highest BCUT2D eigenvalue weighted by Crippen LogP contribution is 2.61. The summed E-state index contributed by atoms with van der Waals surface area (Å²) >= 11 is 0. The van der Waals surface area contributed by atoms with Crippen molar-refractivity contribution in [3.8, 4) is 0 Å². The molecule has 0 aliphatic heterocycles. The maximum absolute atomic E-state index is 13.7. The first-order chi connectivity index (χ1) is 11.5. The first kappa shape index (κ1) is 16.1. The maximum atomic E-state index is 13.7. The van der Waals surface area contributed by atoms with Crippen LogP contribution in [0, 0.1) is 29.0 Å². The number of amides is 1. The van der Waals surface area contributed by atoms with Crippen LogP contribution in [0.5, 0.6) is 0 Å². The van der Waals surface area contributed by atoms with Gasteiger partial charge in [0.15, 0.2) is 0 Å². The molecule has 4 saturated carbocycles. The summed E-state index contributed by atoms with van der Waals surface area (Å²) < 4.78 is 13.7. The predicted octanol–water partition coefficient (Wildman–Crippen LogP) is 4.48. The van der Waals surface area contributed by atoms with Crippen LogP contribution < -0.4 is 5.32 Å². The van der Waals surface area contributed by atoms with E-state index in [1.54, 1.807) is 12.1 Å². The van der Waals surface area contributed by atoms with E-state index in [1.165, 1.54) is 44.6 Å². The van der Waals surface area contributed by atoms with Gasteiger partial charge in [0.05, 0.1) is 0 Å². The normalized spacial score (nSPS) is 35.0. The maximum Gasteiger partial charge on any atom is 0.220 e. The molecule has 1 amide bonds. The van der Waals surface area contributed by atoms with E-state index in [4.69, 9.17) is 0 Å². The second-order valence-corrected chi connectivity index (χ2v) is 8.66. The van der Waals surface area contributed by atoms with Gasteiger partial charge in [-0.1, -0.05) is 18.2 Å². The van der Waals surface area contributed by atoms with Crippen molar-refractivity contribution in [3.63, 3.8) is 0 Å². The molecule has 4 aliphatic rings. The number of aryl methyl sites for hydroxylation is 1. The third-order valence-electron chi connectivity index (χ3n) is 6.96. The Hall–Kier alpha value is -1.38. The molecule has 0 radical (unpaired) electrons. The van der Waals surface area contributed by atoms with Crippen molar-refractivity contribution in [2.24, 2.45) is 23.2 Å². The molecule has 5 rings (SSSR count). The molecule has 130 valence electrons.